The van der Waals surface area contributed by atoms with Gasteiger partial charge in [0, 0.05) is 30.3 Å². The Morgan fingerprint density at radius 3 is 3.11 bits per heavy atom. The molecule has 2 aliphatic carbocycles. The molecule has 0 aromatic carbocycles. The topological polar surface area (TPSA) is 42.0 Å². The Morgan fingerprint density at radius 2 is 2.17 bits per heavy atom. The van der Waals surface area contributed by atoms with Crippen molar-refractivity contribution in [2.24, 2.45) is 0 Å². The van der Waals surface area contributed by atoms with Gasteiger partial charge in [0.25, 0.3) is 0 Å². The van der Waals surface area contributed by atoms with Gasteiger partial charge >= 0.3 is 0 Å². The van der Waals surface area contributed by atoms with Crippen molar-refractivity contribution < 1.29 is 4.79 Å². The van der Waals surface area contributed by atoms with Gasteiger partial charge in [0.1, 0.15) is 0 Å². The maximum Gasteiger partial charge on any atom is 0.160 e. The number of ketones is 1. The highest BCUT2D eigenvalue weighted by atomic mass is 16.1. The third-order valence-electron chi connectivity index (χ3n) is 4.08. The molecule has 3 nitrogen and oxygen atoms in total. The number of Topliss-reactive ketones (excluding diaryl/α,β-unsaturated/α-hetero) is 1. The normalized spacial score (nSPS) is 21.4. The standard InChI is InChI=1S/C15H14N2O/c18-13-5-1-4-12-11(13)8-10-7-9-3-2-6-16-14(9)15(10)17-12/h2-3,6,17H,1,4-5,7-8H2. The lowest BCUT2D eigenvalue weighted by atomic mass is 9.87. The number of fused-ring (bicyclic) bond motifs is 2. The molecule has 18 heavy (non-hydrogen) atoms. The number of nitrogens with one attached hydrogen (secondary N) is 1. The van der Waals surface area contributed by atoms with Crippen LogP contribution in [-0.2, 0) is 11.2 Å². The van der Waals surface area contributed by atoms with Crippen molar-refractivity contribution in [2.75, 3.05) is 0 Å². The summed E-state index contributed by atoms with van der Waals surface area (Å²) in [6.07, 6.45) is 6.30. The van der Waals surface area contributed by atoms with Crippen LogP contribution in [0.3, 0.4) is 0 Å². The van der Waals surface area contributed by atoms with Gasteiger partial charge in [0.05, 0.1) is 11.4 Å². The first kappa shape index (κ1) is 10.1. The summed E-state index contributed by atoms with van der Waals surface area (Å²) >= 11 is 0. The predicted octanol–water partition coefficient (Wildman–Crippen LogP) is 2.35. The van der Waals surface area contributed by atoms with E-state index in [9.17, 15) is 4.79 Å². The van der Waals surface area contributed by atoms with Crippen molar-refractivity contribution in [1.82, 2.24) is 10.3 Å². The molecule has 0 radical (unpaired) electrons. The fourth-order valence-electron chi connectivity index (χ4n) is 3.19. The number of aromatic nitrogens is 1. The van der Waals surface area contributed by atoms with Gasteiger partial charge in [-0.3, -0.25) is 9.78 Å². The second-order valence-electron chi connectivity index (χ2n) is 5.20. The van der Waals surface area contributed by atoms with E-state index >= 15 is 0 Å². The van der Waals surface area contributed by atoms with Gasteiger partial charge in [-0.15, -0.1) is 0 Å². The van der Waals surface area contributed by atoms with E-state index in [0.29, 0.717) is 12.2 Å². The highest BCUT2D eigenvalue weighted by Gasteiger charge is 2.32. The zero-order chi connectivity index (χ0) is 12.1. The third-order valence-corrected chi connectivity index (χ3v) is 4.08. The lowest BCUT2D eigenvalue weighted by Gasteiger charge is -2.26. The number of dihydropyridines is 1. The molecule has 3 heteroatoms. The minimum Gasteiger partial charge on any atom is -0.357 e. The summed E-state index contributed by atoms with van der Waals surface area (Å²) < 4.78 is 0. The number of allylic oxidation sites excluding steroid dienone is 3. The average Bonchev–Trinajstić information content (AvgIpc) is 2.75. The first-order valence-electron chi connectivity index (χ1n) is 6.51. The van der Waals surface area contributed by atoms with Gasteiger partial charge in [0.15, 0.2) is 5.78 Å². The number of rotatable bonds is 0. The molecule has 2 heterocycles. The SMILES string of the molecule is O=C1CCCC2=C1CC1=C(N2)c2ncccc2C1. The van der Waals surface area contributed by atoms with Crippen LogP contribution in [0, 0.1) is 0 Å². The predicted molar refractivity (Wildman–Crippen MR) is 68.5 cm³/mol. The van der Waals surface area contributed by atoms with Crippen LogP contribution in [0.2, 0.25) is 0 Å². The molecule has 90 valence electrons. The van der Waals surface area contributed by atoms with Gasteiger partial charge in [-0.05, 0) is 36.5 Å². The zero-order valence-corrected chi connectivity index (χ0v) is 10.1. The molecular formula is C15H14N2O. The van der Waals surface area contributed by atoms with Gasteiger partial charge < -0.3 is 5.32 Å². The lowest BCUT2D eigenvalue weighted by Crippen LogP contribution is -2.25. The van der Waals surface area contributed by atoms with E-state index in [1.54, 1.807) is 0 Å². The number of carbonyl (C=O) groups is 1. The van der Waals surface area contributed by atoms with Crippen LogP contribution in [-0.4, -0.2) is 10.8 Å². The van der Waals surface area contributed by atoms with Crippen LogP contribution in [0.25, 0.3) is 5.70 Å². The molecule has 1 aromatic rings. The van der Waals surface area contributed by atoms with Gasteiger partial charge in [-0.1, -0.05) is 6.07 Å². The molecule has 4 rings (SSSR count). The van der Waals surface area contributed by atoms with E-state index < -0.39 is 0 Å². The van der Waals surface area contributed by atoms with Crippen molar-refractivity contribution in [3.63, 3.8) is 0 Å². The fourth-order valence-corrected chi connectivity index (χ4v) is 3.19. The Kier molecular flexibility index (Phi) is 1.98. The minimum atomic E-state index is 0.333. The van der Waals surface area contributed by atoms with Crippen molar-refractivity contribution in [2.45, 2.75) is 32.1 Å². The van der Waals surface area contributed by atoms with E-state index in [4.69, 9.17) is 0 Å². The second-order valence-corrected chi connectivity index (χ2v) is 5.20. The fraction of sp³-hybridized carbons (Fsp3) is 0.333. The Bertz CT molecular complexity index is 625. The maximum atomic E-state index is 12.0. The van der Waals surface area contributed by atoms with E-state index in [1.165, 1.54) is 16.8 Å². The largest absolute Gasteiger partial charge is 0.357 e. The summed E-state index contributed by atoms with van der Waals surface area (Å²) in [5.74, 6) is 0.333. The van der Waals surface area contributed by atoms with Crippen molar-refractivity contribution in [1.29, 1.82) is 0 Å². The maximum absolute atomic E-state index is 12.0. The van der Waals surface area contributed by atoms with E-state index in [1.807, 2.05) is 12.3 Å². The van der Waals surface area contributed by atoms with Crippen molar-refractivity contribution in [3.05, 3.63) is 46.4 Å². The number of hydrogen-bond donors (Lipinski definition) is 1. The van der Waals surface area contributed by atoms with Crippen molar-refractivity contribution in [3.8, 4) is 0 Å². The first-order valence-corrected chi connectivity index (χ1v) is 6.51. The molecule has 0 fully saturated rings. The van der Waals surface area contributed by atoms with Crippen LogP contribution in [0.1, 0.15) is 36.9 Å². The smallest absolute Gasteiger partial charge is 0.160 e. The molecule has 0 bridgehead atoms. The molecule has 0 atom stereocenters. The summed E-state index contributed by atoms with van der Waals surface area (Å²) in [7, 11) is 0. The summed E-state index contributed by atoms with van der Waals surface area (Å²) in [5, 5.41) is 3.48. The molecule has 1 aliphatic heterocycles. The summed E-state index contributed by atoms with van der Waals surface area (Å²) in [6, 6.07) is 4.11. The van der Waals surface area contributed by atoms with Crippen LogP contribution in [0.15, 0.2) is 35.2 Å². The van der Waals surface area contributed by atoms with Crippen LogP contribution in [0.5, 0.6) is 0 Å². The van der Waals surface area contributed by atoms with E-state index in [2.05, 4.69) is 16.4 Å². The summed E-state index contributed by atoms with van der Waals surface area (Å²) in [6.45, 7) is 0. The molecular weight excluding hydrogens is 224 g/mol. The first-order chi connectivity index (χ1) is 8.83. The molecule has 3 aliphatic rings. The molecule has 1 aromatic heterocycles. The van der Waals surface area contributed by atoms with Crippen LogP contribution < -0.4 is 5.32 Å². The molecule has 0 unspecified atom stereocenters. The Labute approximate surface area is 106 Å². The molecule has 1 N–H and O–H groups in total. The zero-order valence-electron chi connectivity index (χ0n) is 10.1. The van der Waals surface area contributed by atoms with Crippen molar-refractivity contribution >= 4 is 11.5 Å². The Balaban J connectivity index is 1.76. The average molecular weight is 238 g/mol. The van der Waals surface area contributed by atoms with Gasteiger partial charge in [0.2, 0.25) is 0 Å². The van der Waals surface area contributed by atoms with E-state index in [0.717, 1.165) is 42.6 Å². The number of hydrogen-bond acceptors (Lipinski definition) is 3. The van der Waals surface area contributed by atoms with Crippen LogP contribution >= 0.6 is 0 Å². The molecule has 0 saturated carbocycles. The molecule has 0 saturated heterocycles. The second kappa shape index (κ2) is 3.55. The number of pyridine rings is 1. The molecule has 0 spiro atoms. The van der Waals surface area contributed by atoms with Crippen LogP contribution in [0.4, 0.5) is 0 Å². The van der Waals surface area contributed by atoms with Gasteiger partial charge in [-0.2, -0.15) is 0 Å². The summed E-state index contributed by atoms with van der Waals surface area (Å²) in [4.78, 5) is 16.4. The highest BCUT2D eigenvalue weighted by Crippen LogP contribution is 2.39. The quantitative estimate of drug-likeness (QED) is 0.754. The lowest BCUT2D eigenvalue weighted by molar-refractivity contribution is -0.116. The number of nitrogens with zero attached hydrogens (tertiary/aromatic N) is 1. The highest BCUT2D eigenvalue weighted by molar-refractivity contribution is 5.99. The van der Waals surface area contributed by atoms with Gasteiger partial charge in [-0.25, -0.2) is 0 Å². The number of carbonyl (C=O) groups excluding carboxylic acids is 1. The Hall–Kier alpha value is -1.90. The third kappa shape index (κ3) is 1.30. The summed E-state index contributed by atoms with van der Waals surface area (Å²) in [5.41, 5.74) is 7.02. The monoisotopic (exact) mass is 238 g/mol. The Morgan fingerprint density at radius 1 is 1.22 bits per heavy atom. The molecule has 0 amide bonds. The van der Waals surface area contributed by atoms with E-state index in [-0.39, 0.29) is 0 Å². The minimum absolute atomic E-state index is 0.333.